The van der Waals surface area contributed by atoms with Crippen LogP contribution in [0.1, 0.15) is 70.8 Å². The Morgan fingerprint density at radius 2 is 1.53 bits per heavy atom. The number of piperidine rings is 1. The van der Waals surface area contributed by atoms with Gasteiger partial charge < -0.3 is 9.55 Å². The molecule has 2 saturated carbocycles. The van der Waals surface area contributed by atoms with Gasteiger partial charge in [0.1, 0.15) is 5.69 Å². The van der Waals surface area contributed by atoms with Crippen molar-refractivity contribution in [3.05, 3.63) is 63.3 Å². The Labute approximate surface area is 211 Å². The van der Waals surface area contributed by atoms with E-state index in [0.717, 1.165) is 47.7 Å². The fourth-order valence-corrected chi connectivity index (χ4v) is 8.68. The van der Waals surface area contributed by atoms with Gasteiger partial charge in [-0.25, -0.2) is 4.98 Å². The number of nitrogens with one attached hydrogen (secondary N) is 1. The maximum atomic E-state index is 13.9. The van der Waals surface area contributed by atoms with Gasteiger partial charge in [0, 0.05) is 30.4 Å². The van der Waals surface area contributed by atoms with Gasteiger partial charge in [0.15, 0.2) is 0 Å². The maximum absolute atomic E-state index is 13.9. The van der Waals surface area contributed by atoms with E-state index in [1.807, 2.05) is 28.8 Å². The van der Waals surface area contributed by atoms with E-state index in [1.165, 1.54) is 44.9 Å². The molecular formula is C30H36N4O2. The first-order valence-corrected chi connectivity index (χ1v) is 14.0. The molecule has 7 rings (SSSR count). The number of pyridine rings is 1. The molecule has 0 amide bonds. The highest BCUT2D eigenvalue weighted by Gasteiger charge is 2.47. The smallest absolute Gasteiger partial charge is 0.278 e. The molecule has 2 unspecified atom stereocenters. The Bertz CT molecular complexity index is 1380. The normalized spacial score (nSPS) is 34.2. The van der Waals surface area contributed by atoms with E-state index in [2.05, 4.69) is 21.8 Å². The quantitative estimate of drug-likeness (QED) is 0.559. The molecule has 2 aliphatic heterocycles. The van der Waals surface area contributed by atoms with Crippen LogP contribution in [-0.2, 0) is 0 Å². The number of fused-ring (bicyclic) bond motifs is 5. The molecule has 4 bridgehead atoms. The van der Waals surface area contributed by atoms with Gasteiger partial charge in [0.25, 0.3) is 11.1 Å². The van der Waals surface area contributed by atoms with Crippen LogP contribution in [0.5, 0.6) is 0 Å². The summed E-state index contributed by atoms with van der Waals surface area (Å²) in [7, 11) is 0. The van der Waals surface area contributed by atoms with Crippen molar-refractivity contribution in [3.8, 4) is 11.3 Å². The van der Waals surface area contributed by atoms with E-state index < -0.39 is 0 Å². The van der Waals surface area contributed by atoms with Crippen LogP contribution in [-0.4, -0.2) is 37.6 Å². The van der Waals surface area contributed by atoms with Crippen LogP contribution in [0.25, 0.3) is 22.3 Å². The average Bonchev–Trinajstić information content (AvgIpc) is 3.13. The van der Waals surface area contributed by atoms with Gasteiger partial charge in [0.2, 0.25) is 0 Å². The Balaban J connectivity index is 1.24. The minimum atomic E-state index is -0.268. The standard InChI is InChI=1S/C30H36N4O2/c1-18-11-19-13-20(12-18)15-23(14-19)33-21-8-9-22(33)17-24(16-21)34-27-7-3-2-6-26(27)32-28(30(34)36)25-5-4-10-31-29(25)35/h2-7,10,18-24H,8-9,11-17H2,1H3,(H,31,35)/t18?,19-,20+,21-,22+,23?,24-. The number of benzene rings is 1. The molecule has 36 heavy (non-hydrogen) atoms. The SMILES string of the molecule is CC1C[C@@H]2CC(N3[C@@H]4CC[C@H]3C[C@H](n3c(=O)c(-c5ccc[nH]c5=O)nc5ccccc53)C4)C[C@H](C1)C2. The van der Waals surface area contributed by atoms with E-state index in [9.17, 15) is 9.59 Å². The minimum Gasteiger partial charge on any atom is -0.329 e. The van der Waals surface area contributed by atoms with Crippen molar-refractivity contribution < 1.29 is 0 Å². The molecule has 3 aromatic rings. The van der Waals surface area contributed by atoms with Gasteiger partial charge in [-0.2, -0.15) is 0 Å². The first-order valence-electron chi connectivity index (χ1n) is 14.0. The van der Waals surface area contributed by atoms with Crippen LogP contribution in [0, 0.1) is 17.8 Å². The molecule has 4 aliphatic rings. The predicted octanol–water partition coefficient (Wildman–Crippen LogP) is 5.13. The monoisotopic (exact) mass is 484 g/mol. The van der Waals surface area contributed by atoms with Gasteiger partial charge in [-0.05, 0) is 99.8 Å². The average molecular weight is 485 g/mol. The Morgan fingerprint density at radius 3 is 2.25 bits per heavy atom. The topological polar surface area (TPSA) is 71.0 Å². The molecular weight excluding hydrogens is 448 g/mol. The summed E-state index contributed by atoms with van der Waals surface area (Å²) in [5.41, 5.74) is 1.88. The number of aromatic nitrogens is 3. The third-order valence-electron chi connectivity index (χ3n) is 9.77. The first kappa shape index (κ1) is 22.5. The minimum absolute atomic E-state index is 0.135. The lowest BCUT2D eigenvalue weighted by Crippen LogP contribution is -2.53. The van der Waals surface area contributed by atoms with Crippen molar-refractivity contribution in [3.63, 3.8) is 0 Å². The molecule has 7 atom stereocenters. The number of hydrogen-bond acceptors (Lipinski definition) is 4. The summed E-state index contributed by atoms with van der Waals surface area (Å²) >= 11 is 0. The number of nitrogens with zero attached hydrogens (tertiary/aromatic N) is 3. The lowest BCUT2D eigenvalue weighted by molar-refractivity contribution is -0.000110. The van der Waals surface area contributed by atoms with Crippen molar-refractivity contribution in [2.24, 2.45) is 17.8 Å². The molecule has 4 fully saturated rings. The van der Waals surface area contributed by atoms with Gasteiger partial charge in [-0.15, -0.1) is 0 Å². The zero-order valence-electron chi connectivity index (χ0n) is 21.1. The molecule has 0 radical (unpaired) electrons. The van der Waals surface area contributed by atoms with Crippen LogP contribution < -0.4 is 11.1 Å². The lowest BCUT2D eigenvalue weighted by Gasteiger charge is -2.50. The van der Waals surface area contributed by atoms with Gasteiger partial charge in [-0.1, -0.05) is 19.1 Å². The Morgan fingerprint density at radius 1 is 0.806 bits per heavy atom. The second-order valence-corrected chi connectivity index (χ2v) is 12.2. The second kappa shape index (κ2) is 8.69. The van der Waals surface area contributed by atoms with Crippen molar-refractivity contribution in [2.45, 2.75) is 88.9 Å². The van der Waals surface area contributed by atoms with Crippen molar-refractivity contribution in [1.82, 2.24) is 19.4 Å². The Kier molecular flexibility index (Phi) is 5.42. The first-order chi connectivity index (χ1) is 17.5. The highest BCUT2D eigenvalue weighted by atomic mass is 16.1. The third kappa shape index (κ3) is 3.68. The summed E-state index contributed by atoms with van der Waals surface area (Å²) in [6.45, 7) is 2.45. The van der Waals surface area contributed by atoms with Gasteiger partial charge in [0.05, 0.1) is 16.6 Å². The van der Waals surface area contributed by atoms with Crippen LogP contribution in [0.2, 0.25) is 0 Å². The molecule has 0 spiro atoms. The summed E-state index contributed by atoms with van der Waals surface area (Å²) in [6, 6.07) is 13.3. The van der Waals surface area contributed by atoms with Gasteiger partial charge >= 0.3 is 0 Å². The molecule has 2 saturated heterocycles. The molecule has 6 heteroatoms. The Hall–Kier alpha value is -2.73. The molecule has 1 N–H and O–H groups in total. The predicted molar refractivity (Wildman–Crippen MR) is 142 cm³/mol. The lowest BCUT2D eigenvalue weighted by atomic mass is 9.66. The zero-order valence-corrected chi connectivity index (χ0v) is 21.1. The van der Waals surface area contributed by atoms with Crippen LogP contribution in [0.3, 0.4) is 0 Å². The summed E-state index contributed by atoms with van der Waals surface area (Å²) in [5, 5.41) is 0. The fourth-order valence-electron chi connectivity index (χ4n) is 8.68. The molecule has 6 nitrogen and oxygen atoms in total. The number of para-hydroxylation sites is 2. The molecule has 4 heterocycles. The number of H-pyrrole nitrogens is 1. The number of aromatic amines is 1. The molecule has 1 aromatic carbocycles. The summed E-state index contributed by atoms with van der Waals surface area (Å²) in [5.74, 6) is 2.72. The molecule has 188 valence electrons. The number of hydrogen-bond donors (Lipinski definition) is 1. The molecule has 2 aliphatic carbocycles. The van der Waals surface area contributed by atoms with Gasteiger partial charge in [-0.3, -0.25) is 14.5 Å². The second-order valence-electron chi connectivity index (χ2n) is 12.2. The zero-order chi connectivity index (χ0) is 24.4. The maximum Gasteiger partial charge on any atom is 0.278 e. The van der Waals surface area contributed by atoms with E-state index in [4.69, 9.17) is 0 Å². The van der Waals surface area contributed by atoms with Crippen LogP contribution in [0.15, 0.2) is 52.2 Å². The number of rotatable bonds is 3. The summed E-state index contributed by atoms with van der Waals surface area (Å²) in [6.07, 6.45) is 13.1. The van der Waals surface area contributed by atoms with Crippen LogP contribution in [0.4, 0.5) is 0 Å². The largest absolute Gasteiger partial charge is 0.329 e. The fraction of sp³-hybridized carbons (Fsp3) is 0.567. The van der Waals surface area contributed by atoms with E-state index in [1.54, 1.807) is 18.3 Å². The van der Waals surface area contributed by atoms with Crippen LogP contribution >= 0.6 is 0 Å². The molecule has 2 aromatic heterocycles. The van der Waals surface area contributed by atoms with Crippen molar-refractivity contribution >= 4 is 11.0 Å². The van der Waals surface area contributed by atoms with Crippen molar-refractivity contribution in [1.29, 1.82) is 0 Å². The highest BCUT2D eigenvalue weighted by Crippen LogP contribution is 2.49. The van der Waals surface area contributed by atoms with E-state index >= 15 is 0 Å². The van der Waals surface area contributed by atoms with Crippen molar-refractivity contribution in [2.75, 3.05) is 0 Å². The van der Waals surface area contributed by atoms with E-state index in [-0.39, 0.29) is 22.9 Å². The summed E-state index contributed by atoms with van der Waals surface area (Å²) in [4.78, 5) is 36.8. The third-order valence-corrected chi connectivity index (χ3v) is 9.77. The summed E-state index contributed by atoms with van der Waals surface area (Å²) < 4.78 is 1.99. The highest BCUT2D eigenvalue weighted by molar-refractivity contribution is 5.77. The van der Waals surface area contributed by atoms with E-state index in [0.29, 0.717) is 17.6 Å².